The van der Waals surface area contributed by atoms with Gasteiger partial charge in [0.25, 0.3) is 5.91 Å². The first-order valence-electron chi connectivity index (χ1n) is 8.27. The average molecular weight is 423 g/mol. The highest BCUT2D eigenvalue weighted by Crippen LogP contribution is 2.33. The summed E-state index contributed by atoms with van der Waals surface area (Å²) in [6.07, 6.45) is 5.07. The molecule has 0 saturated heterocycles. The van der Waals surface area contributed by atoms with Crippen molar-refractivity contribution in [2.75, 3.05) is 11.9 Å². The Kier molecular flexibility index (Phi) is 4.84. The SMILES string of the molecule is O=C(COc1ccc2ccccc2c1Br)Nc1cccnc1-n1cccn1. The number of pyridine rings is 1. The number of carbonyl (C=O) groups is 1. The van der Waals surface area contributed by atoms with Crippen molar-refractivity contribution in [1.82, 2.24) is 14.8 Å². The lowest BCUT2D eigenvalue weighted by Gasteiger charge is -2.12. The van der Waals surface area contributed by atoms with Crippen LogP contribution in [-0.4, -0.2) is 27.3 Å². The number of ether oxygens (including phenoxy) is 1. The van der Waals surface area contributed by atoms with Crippen LogP contribution in [0.2, 0.25) is 0 Å². The molecule has 7 heteroatoms. The maximum absolute atomic E-state index is 12.4. The van der Waals surface area contributed by atoms with Gasteiger partial charge in [-0.1, -0.05) is 30.3 Å². The largest absolute Gasteiger partial charge is 0.483 e. The minimum atomic E-state index is -0.281. The van der Waals surface area contributed by atoms with Gasteiger partial charge in [0.2, 0.25) is 0 Å². The molecule has 2 heterocycles. The van der Waals surface area contributed by atoms with Gasteiger partial charge in [0, 0.05) is 18.6 Å². The van der Waals surface area contributed by atoms with Gasteiger partial charge in [-0.25, -0.2) is 9.67 Å². The number of hydrogen-bond donors (Lipinski definition) is 1. The van der Waals surface area contributed by atoms with Crippen LogP contribution in [0.3, 0.4) is 0 Å². The summed E-state index contributed by atoms with van der Waals surface area (Å²) >= 11 is 3.56. The van der Waals surface area contributed by atoms with Crippen LogP contribution in [0.25, 0.3) is 16.6 Å². The van der Waals surface area contributed by atoms with Crippen LogP contribution in [0.1, 0.15) is 0 Å². The van der Waals surface area contributed by atoms with Gasteiger partial charge in [-0.15, -0.1) is 0 Å². The molecule has 2 aromatic heterocycles. The molecule has 134 valence electrons. The summed E-state index contributed by atoms with van der Waals surface area (Å²) < 4.78 is 8.13. The molecule has 1 N–H and O–H groups in total. The van der Waals surface area contributed by atoms with Gasteiger partial charge in [-0.3, -0.25) is 4.79 Å². The first-order valence-corrected chi connectivity index (χ1v) is 9.06. The molecule has 0 aliphatic heterocycles. The molecule has 0 radical (unpaired) electrons. The van der Waals surface area contributed by atoms with E-state index in [2.05, 4.69) is 31.3 Å². The van der Waals surface area contributed by atoms with Crippen LogP contribution in [0.5, 0.6) is 5.75 Å². The van der Waals surface area contributed by atoms with Crippen molar-refractivity contribution in [2.24, 2.45) is 0 Å². The van der Waals surface area contributed by atoms with E-state index in [9.17, 15) is 4.79 Å². The van der Waals surface area contributed by atoms with Crippen molar-refractivity contribution in [3.8, 4) is 11.6 Å². The van der Waals surface area contributed by atoms with Crippen LogP contribution < -0.4 is 10.1 Å². The second-order valence-corrected chi connectivity index (χ2v) is 6.55. The molecule has 0 unspecified atom stereocenters. The normalized spacial score (nSPS) is 10.7. The van der Waals surface area contributed by atoms with E-state index in [0.29, 0.717) is 17.3 Å². The number of aromatic nitrogens is 3. The highest BCUT2D eigenvalue weighted by Gasteiger charge is 2.12. The van der Waals surface area contributed by atoms with Crippen molar-refractivity contribution in [2.45, 2.75) is 0 Å². The monoisotopic (exact) mass is 422 g/mol. The summed E-state index contributed by atoms with van der Waals surface area (Å²) in [7, 11) is 0. The van der Waals surface area contributed by atoms with E-state index < -0.39 is 0 Å². The molecule has 0 aliphatic carbocycles. The fraction of sp³-hybridized carbons (Fsp3) is 0.0500. The number of nitrogens with zero attached hydrogens (tertiary/aromatic N) is 3. The third kappa shape index (κ3) is 3.68. The Balaban J connectivity index is 1.48. The smallest absolute Gasteiger partial charge is 0.262 e. The maximum Gasteiger partial charge on any atom is 0.262 e. The predicted molar refractivity (Wildman–Crippen MR) is 107 cm³/mol. The van der Waals surface area contributed by atoms with E-state index in [1.165, 1.54) is 0 Å². The van der Waals surface area contributed by atoms with Crippen molar-refractivity contribution < 1.29 is 9.53 Å². The number of nitrogens with one attached hydrogen (secondary N) is 1. The van der Waals surface area contributed by atoms with E-state index >= 15 is 0 Å². The molecule has 0 aliphatic rings. The third-order valence-corrected chi connectivity index (χ3v) is 4.79. The van der Waals surface area contributed by atoms with E-state index in [4.69, 9.17) is 4.74 Å². The van der Waals surface area contributed by atoms with Crippen LogP contribution in [0, 0.1) is 0 Å². The first-order chi connectivity index (χ1) is 13.2. The van der Waals surface area contributed by atoms with Crippen LogP contribution >= 0.6 is 15.9 Å². The Morgan fingerprint density at radius 3 is 2.81 bits per heavy atom. The fourth-order valence-electron chi connectivity index (χ4n) is 2.73. The molecule has 1 amide bonds. The molecule has 27 heavy (non-hydrogen) atoms. The van der Waals surface area contributed by atoms with Crippen molar-refractivity contribution >= 4 is 38.3 Å². The molecule has 6 nitrogen and oxygen atoms in total. The third-order valence-electron chi connectivity index (χ3n) is 3.97. The zero-order chi connectivity index (χ0) is 18.6. The molecule has 2 aromatic carbocycles. The summed E-state index contributed by atoms with van der Waals surface area (Å²) in [5.41, 5.74) is 0.562. The second kappa shape index (κ2) is 7.59. The number of anilines is 1. The van der Waals surface area contributed by atoms with E-state index in [1.54, 1.807) is 41.5 Å². The molecule has 0 fully saturated rings. The summed E-state index contributed by atoms with van der Waals surface area (Å²) in [4.78, 5) is 16.7. The van der Waals surface area contributed by atoms with Gasteiger partial charge in [0.15, 0.2) is 12.4 Å². The van der Waals surface area contributed by atoms with E-state index in [-0.39, 0.29) is 12.5 Å². The van der Waals surface area contributed by atoms with Crippen LogP contribution in [0.15, 0.2) is 77.7 Å². The Morgan fingerprint density at radius 1 is 1.07 bits per heavy atom. The Bertz CT molecular complexity index is 1100. The summed E-state index contributed by atoms with van der Waals surface area (Å²) in [5, 5.41) is 9.11. The zero-order valence-corrected chi connectivity index (χ0v) is 15.8. The number of halogens is 1. The van der Waals surface area contributed by atoms with Gasteiger partial charge in [-0.2, -0.15) is 5.10 Å². The first kappa shape index (κ1) is 17.2. The van der Waals surface area contributed by atoms with Gasteiger partial charge < -0.3 is 10.1 Å². The van der Waals surface area contributed by atoms with Crippen LogP contribution in [-0.2, 0) is 4.79 Å². The van der Waals surface area contributed by atoms with E-state index in [1.807, 2.05) is 36.4 Å². The second-order valence-electron chi connectivity index (χ2n) is 5.76. The predicted octanol–water partition coefficient (Wildman–Crippen LogP) is 4.20. The van der Waals surface area contributed by atoms with Crippen molar-refractivity contribution in [3.05, 3.63) is 77.7 Å². The van der Waals surface area contributed by atoms with Crippen molar-refractivity contribution in [1.29, 1.82) is 0 Å². The number of amides is 1. The minimum absolute atomic E-state index is 0.121. The molecular weight excluding hydrogens is 408 g/mol. The zero-order valence-electron chi connectivity index (χ0n) is 14.2. The lowest BCUT2D eigenvalue weighted by atomic mass is 10.1. The van der Waals surface area contributed by atoms with Gasteiger partial charge in [0.05, 0.1) is 10.2 Å². The topological polar surface area (TPSA) is 69.0 Å². The molecular formula is C20H15BrN4O2. The Labute approximate surface area is 163 Å². The summed E-state index contributed by atoms with van der Waals surface area (Å²) in [6.45, 7) is -0.121. The highest BCUT2D eigenvalue weighted by molar-refractivity contribution is 9.10. The maximum atomic E-state index is 12.4. The number of hydrogen-bond acceptors (Lipinski definition) is 4. The fourth-order valence-corrected chi connectivity index (χ4v) is 3.33. The van der Waals surface area contributed by atoms with Crippen molar-refractivity contribution in [3.63, 3.8) is 0 Å². The van der Waals surface area contributed by atoms with E-state index in [0.717, 1.165) is 15.2 Å². The summed E-state index contributed by atoms with van der Waals surface area (Å²) in [5.74, 6) is 0.876. The standard InChI is InChI=1S/C20H15BrN4O2/c21-19-15-6-2-1-5-14(15)8-9-17(19)27-13-18(26)24-16-7-3-10-22-20(16)25-12-4-11-23-25/h1-12H,13H2,(H,24,26). The molecule has 0 atom stereocenters. The molecule has 0 spiro atoms. The average Bonchev–Trinajstić information content (AvgIpc) is 3.23. The Hall–Kier alpha value is -3.19. The molecule has 0 bridgehead atoms. The minimum Gasteiger partial charge on any atom is -0.483 e. The number of rotatable bonds is 5. The van der Waals surface area contributed by atoms with Gasteiger partial charge >= 0.3 is 0 Å². The number of carbonyl (C=O) groups excluding carboxylic acids is 1. The molecule has 0 saturated carbocycles. The Morgan fingerprint density at radius 2 is 1.96 bits per heavy atom. The number of fused-ring (bicyclic) bond motifs is 1. The van der Waals surface area contributed by atoms with Crippen LogP contribution in [0.4, 0.5) is 5.69 Å². The molecule has 4 rings (SSSR count). The lowest BCUT2D eigenvalue weighted by molar-refractivity contribution is -0.118. The van der Waals surface area contributed by atoms with Gasteiger partial charge in [0.1, 0.15) is 5.75 Å². The highest BCUT2D eigenvalue weighted by atomic mass is 79.9. The lowest BCUT2D eigenvalue weighted by Crippen LogP contribution is -2.21. The van der Waals surface area contributed by atoms with Gasteiger partial charge in [-0.05, 0) is 51.0 Å². The number of benzene rings is 2. The quantitative estimate of drug-likeness (QED) is 0.523. The molecule has 4 aromatic rings. The summed E-state index contributed by atoms with van der Waals surface area (Å²) in [6, 6.07) is 17.1.